The molecule has 0 aromatic heterocycles. The summed E-state index contributed by atoms with van der Waals surface area (Å²) in [6, 6.07) is 16.7. The number of rotatable bonds is 6. The molecule has 2 aromatic rings. The van der Waals surface area contributed by atoms with Crippen molar-refractivity contribution in [3.63, 3.8) is 0 Å². The summed E-state index contributed by atoms with van der Waals surface area (Å²) < 4.78 is 6.23. The maximum atomic E-state index is 5.99. The average molecular weight is 349 g/mol. The molecule has 1 unspecified atom stereocenters. The quantitative estimate of drug-likeness (QED) is 0.866. The summed E-state index contributed by atoms with van der Waals surface area (Å²) in [5.74, 6) is 0.834. The smallest absolute Gasteiger partial charge is 0.133 e. The van der Waals surface area contributed by atoms with Gasteiger partial charge in [0.05, 0.1) is 11.6 Å². The van der Waals surface area contributed by atoms with E-state index in [4.69, 9.17) is 10.5 Å². The topological polar surface area (TPSA) is 38.5 Å². The third kappa shape index (κ3) is 4.06. The minimum atomic E-state index is 0.174. The fraction of sp³-hybridized carbons (Fsp3) is 0.294. The molecule has 2 rings (SSSR count). The molecule has 0 bridgehead atoms. The summed E-state index contributed by atoms with van der Waals surface area (Å²) in [5.41, 5.74) is 8.46. The molecular formula is C17H21BrN2O. The second-order valence-corrected chi connectivity index (χ2v) is 5.90. The molecule has 0 radical (unpaired) electrons. The second-order valence-electron chi connectivity index (χ2n) is 5.05. The summed E-state index contributed by atoms with van der Waals surface area (Å²) in [7, 11) is 3.77. The first-order chi connectivity index (χ1) is 10.2. The molecule has 2 N–H and O–H groups in total. The van der Waals surface area contributed by atoms with Crippen molar-refractivity contribution in [3.05, 3.63) is 64.1 Å². The van der Waals surface area contributed by atoms with E-state index in [2.05, 4.69) is 64.3 Å². The maximum absolute atomic E-state index is 5.99. The van der Waals surface area contributed by atoms with E-state index in [1.807, 2.05) is 12.1 Å². The van der Waals surface area contributed by atoms with Crippen molar-refractivity contribution in [2.24, 2.45) is 5.73 Å². The largest absolute Gasteiger partial charge is 0.496 e. The number of halogens is 1. The van der Waals surface area contributed by atoms with Gasteiger partial charge < -0.3 is 10.5 Å². The minimum absolute atomic E-state index is 0.174. The third-order valence-electron chi connectivity index (χ3n) is 3.59. The van der Waals surface area contributed by atoms with Gasteiger partial charge in [0, 0.05) is 19.1 Å². The van der Waals surface area contributed by atoms with Gasteiger partial charge in [-0.25, -0.2) is 0 Å². The molecule has 0 aliphatic carbocycles. The number of methoxy groups -OCH3 is 1. The molecule has 0 saturated heterocycles. The molecule has 4 heteroatoms. The SMILES string of the molecule is COc1ccc(C(CN)N(C)Cc2ccccc2)cc1Br. The number of benzene rings is 2. The van der Waals surface area contributed by atoms with E-state index >= 15 is 0 Å². The molecule has 0 fully saturated rings. The Morgan fingerprint density at radius 2 is 1.90 bits per heavy atom. The molecule has 0 spiro atoms. The Balaban J connectivity index is 2.16. The number of nitrogens with zero attached hydrogens (tertiary/aromatic N) is 1. The van der Waals surface area contributed by atoms with Gasteiger partial charge in [0.25, 0.3) is 0 Å². The van der Waals surface area contributed by atoms with E-state index in [1.165, 1.54) is 11.1 Å². The highest BCUT2D eigenvalue weighted by atomic mass is 79.9. The summed E-state index contributed by atoms with van der Waals surface area (Å²) in [6.45, 7) is 1.44. The average Bonchev–Trinajstić information content (AvgIpc) is 2.49. The number of hydrogen-bond donors (Lipinski definition) is 1. The predicted octanol–water partition coefficient (Wildman–Crippen LogP) is 3.59. The van der Waals surface area contributed by atoms with Crippen LogP contribution < -0.4 is 10.5 Å². The monoisotopic (exact) mass is 348 g/mol. The Bertz CT molecular complexity index is 574. The standard InChI is InChI=1S/C17H21BrN2O/c1-20(12-13-6-4-3-5-7-13)16(11-19)14-8-9-17(21-2)15(18)10-14/h3-10,16H,11-12,19H2,1-2H3. The van der Waals surface area contributed by atoms with Crippen LogP contribution in [0.5, 0.6) is 5.75 Å². The summed E-state index contributed by atoms with van der Waals surface area (Å²) >= 11 is 3.54. The van der Waals surface area contributed by atoms with Crippen LogP contribution in [0.2, 0.25) is 0 Å². The van der Waals surface area contributed by atoms with Crippen LogP contribution >= 0.6 is 15.9 Å². The highest BCUT2D eigenvalue weighted by Gasteiger charge is 2.17. The van der Waals surface area contributed by atoms with Gasteiger partial charge in [-0.15, -0.1) is 0 Å². The zero-order valence-electron chi connectivity index (χ0n) is 12.4. The van der Waals surface area contributed by atoms with Crippen LogP contribution in [0, 0.1) is 0 Å². The first kappa shape index (κ1) is 16.0. The maximum Gasteiger partial charge on any atom is 0.133 e. The van der Waals surface area contributed by atoms with Crippen LogP contribution in [-0.4, -0.2) is 25.6 Å². The summed E-state index contributed by atoms with van der Waals surface area (Å²) in [4.78, 5) is 2.27. The Hall–Kier alpha value is -1.36. The van der Waals surface area contributed by atoms with Gasteiger partial charge in [0.2, 0.25) is 0 Å². The minimum Gasteiger partial charge on any atom is -0.496 e. The molecule has 0 aliphatic rings. The van der Waals surface area contributed by atoms with Gasteiger partial charge >= 0.3 is 0 Å². The van der Waals surface area contributed by atoms with Crippen LogP contribution in [0.15, 0.2) is 53.0 Å². The zero-order chi connectivity index (χ0) is 15.2. The van der Waals surface area contributed by atoms with Crippen molar-refractivity contribution in [1.29, 1.82) is 0 Å². The van der Waals surface area contributed by atoms with Crippen LogP contribution in [0.4, 0.5) is 0 Å². The Morgan fingerprint density at radius 1 is 1.19 bits per heavy atom. The molecule has 2 aromatic carbocycles. The second kappa shape index (κ2) is 7.59. The van der Waals surface area contributed by atoms with Crippen molar-refractivity contribution in [1.82, 2.24) is 4.90 Å². The highest BCUT2D eigenvalue weighted by Crippen LogP contribution is 2.30. The lowest BCUT2D eigenvalue weighted by atomic mass is 10.0. The molecule has 1 atom stereocenters. The molecular weight excluding hydrogens is 328 g/mol. The van der Waals surface area contributed by atoms with Gasteiger partial charge in [0.1, 0.15) is 5.75 Å². The van der Waals surface area contributed by atoms with E-state index in [0.717, 1.165) is 16.8 Å². The summed E-state index contributed by atoms with van der Waals surface area (Å²) in [6.07, 6.45) is 0. The first-order valence-electron chi connectivity index (χ1n) is 6.93. The number of likely N-dealkylation sites (N-methyl/N-ethyl adjacent to an activating group) is 1. The first-order valence-corrected chi connectivity index (χ1v) is 7.72. The fourth-order valence-corrected chi connectivity index (χ4v) is 3.00. The molecule has 0 amide bonds. The lowest BCUT2D eigenvalue weighted by Crippen LogP contribution is -2.30. The van der Waals surface area contributed by atoms with E-state index in [-0.39, 0.29) is 6.04 Å². The lowest BCUT2D eigenvalue weighted by Gasteiger charge is -2.27. The van der Waals surface area contributed by atoms with Crippen molar-refractivity contribution >= 4 is 15.9 Å². The van der Waals surface area contributed by atoms with Gasteiger partial charge in [-0.3, -0.25) is 4.90 Å². The van der Waals surface area contributed by atoms with Crippen LogP contribution in [-0.2, 0) is 6.54 Å². The molecule has 0 aliphatic heterocycles. The number of nitrogens with two attached hydrogens (primary N) is 1. The Morgan fingerprint density at radius 3 is 2.48 bits per heavy atom. The van der Waals surface area contributed by atoms with Crippen molar-refractivity contribution in [2.45, 2.75) is 12.6 Å². The van der Waals surface area contributed by atoms with Gasteiger partial charge in [0.15, 0.2) is 0 Å². The van der Waals surface area contributed by atoms with E-state index < -0.39 is 0 Å². The normalized spacial score (nSPS) is 12.4. The van der Waals surface area contributed by atoms with Crippen LogP contribution in [0.3, 0.4) is 0 Å². The van der Waals surface area contributed by atoms with Crippen LogP contribution in [0.25, 0.3) is 0 Å². The molecule has 3 nitrogen and oxygen atoms in total. The van der Waals surface area contributed by atoms with E-state index in [0.29, 0.717) is 6.54 Å². The van der Waals surface area contributed by atoms with Crippen molar-refractivity contribution in [3.8, 4) is 5.75 Å². The lowest BCUT2D eigenvalue weighted by molar-refractivity contribution is 0.241. The van der Waals surface area contributed by atoms with Crippen molar-refractivity contribution in [2.75, 3.05) is 20.7 Å². The fourth-order valence-electron chi connectivity index (χ4n) is 2.44. The van der Waals surface area contributed by atoms with Crippen LogP contribution in [0.1, 0.15) is 17.2 Å². The zero-order valence-corrected chi connectivity index (χ0v) is 14.0. The molecule has 21 heavy (non-hydrogen) atoms. The molecule has 0 heterocycles. The van der Waals surface area contributed by atoms with Crippen molar-refractivity contribution < 1.29 is 4.74 Å². The predicted molar refractivity (Wildman–Crippen MR) is 90.4 cm³/mol. The van der Waals surface area contributed by atoms with Gasteiger partial charge in [-0.2, -0.15) is 0 Å². The van der Waals surface area contributed by atoms with E-state index in [1.54, 1.807) is 7.11 Å². The number of ether oxygens (including phenoxy) is 1. The van der Waals surface area contributed by atoms with Gasteiger partial charge in [-0.05, 0) is 46.2 Å². The Kier molecular flexibility index (Phi) is 5.79. The van der Waals surface area contributed by atoms with E-state index in [9.17, 15) is 0 Å². The van der Waals surface area contributed by atoms with Gasteiger partial charge in [-0.1, -0.05) is 36.4 Å². The highest BCUT2D eigenvalue weighted by molar-refractivity contribution is 9.10. The molecule has 112 valence electrons. The Labute approximate surface area is 134 Å². The third-order valence-corrected chi connectivity index (χ3v) is 4.21. The molecule has 0 saturated carbocycles. The number of hydrogen-bond acceptors (Lipinski definition) is 3. The summed E-state index contributed by atoms with van der Waals surface area (Å²) in [5, 5.41) is 0.